The molecule has 2 aromatic carbocycles. The Morgan fingerprint density at radius 1 is 1.05 bits per heavy atom. The van der Waals surface area contributed by atoms with Crippen LogP contribution in [0.1, 0.15) is 5.56 Å². The predicted octanol–water partition coefficient (Wildman–Crippen LogP) is 1.30. The number of nitrogens with zero attached hydrogens (tertiary/aromatic N) is 1. The minimum absolute atomic E-state index is 0.0966. The van der Waals surface area contributed by atoms with Crippen molar-refractivity contribution in [1.29, 1.82) is 0 Å². The third-order valence-electron chi connectivity index (χ3n) is 2.72. The fourth-order valence-corrected chi connectivity index (χ4v) is 1.71. The number of rotatable bonds is 7. The molecule has 7 heteroatoms. The van der Waals surface area contributed by atoms with E-state index in [9.17, 15) is 20.0 Å². The van der Waals surface area contributed by atoms with Crippen molar-refractivity contribution in [1.82, 2.24) is 0 Å². The SMILES string of the molecule is O=C([O-])COc1ccc([N+](=O)[O-])cc1OCc1ccccc1. The van der Waals surface area contributed by atoms with Crippen LogP contribution >= 0.6 is 0 Å². The number of nitro groups is 1. The zero-order valence-corrected chi connectivity index (χ0v) is 11.4. The molecule has 0 unspecified atom stereocenters. The van der Waals surface area contributed by atoms with E-state index < -0.39 is 17.5 Å². The Bertz CT molecular complexity index is 671. The van der Waals surface area contributed by atoms with E-state index in [1.165, 1.54) is 18.2 Å². The number of carboxylic acid groups (broad SMARTS) is 1. The van der Waals surface area contributed by atoms with Gasteiger partial charge in [-0.15, -0.1) is 0 Å². The van der Waals surface area contributed by atoms with Crippen LogP contribution in [0.4, 0.5) is 5.69 Å². The second kappa shape index (κ2) is 7.07. The molecule has 7 nitrogen and oxygen atoms in total. The smallest absolute Gasteiger partial charge is 0.273 e. The number of hydrogen-bond acceptors (Lipinski definition) is 6. The minimum Gasteiger partial charge on any atom is -0.546 e. The van der Waals surface area contributed by atoms with Crippen molar-refractivity contribution in [2.24, 2.45) is 0 Å². The molecule has 2 aromatic rings. The van der Waals surface area contributed by atoms with Crippen molar-refractivity contribution in [2.45, 2.75) is 6.61 Å². The fraction of sp³-hybridized carbons (Fsp3) is 0.133. The second-order valence-electron chi connectivity index (χ2n) is 4.32. The van der Waals surface area contributed by atoms with Crippen LogP contribution in [0.3, 0.4) is 0 Å². The van der Waals surface area contributed by atoms with E-state index in [4.69, 9.17) is 9.47 Å². The van der Waals surface area contributed by atoms with Crippen molar-refractivity contribution in [2.75, 3.05) is 6.61 Å². The Kier molecular flexibility index (Phi) is 4.92. The number of ether oxygens (including phenoxy) is 2. The maximum Gasteiger partial charge on any atom is 0.273 e. The van der Waals surface area contributed by atoms with Gasteiger partial charge in [-0.25, -0.2) is 0 Å². The van der Waals surface area contributed by atoms with E-state index in [1.807, 2.05) is 30.3 Å². The van der Waals surface area contributed by atoms with Crippen LogP contribution < -0.4 is 14.6 Å². The van der Waals surface area contributed by atoms with Crippen molar-refractivity contribution < 1.29 is 24.3 Å². The normalized spacial score (nSPS) is 10.0. The van der Waals surface area contributed by atoms with Crippen LogP contribution in [0.15, 0.2) is 48.5 Å². The van der Waals surface area contributed by atoms with Gasteiger partial charge in [0, 0.05) is 6.07 Å². The predicted molar refractivity (Wildman–Crippen MR) is 74.4 cm³/mol. The van der Waals surface area contributed by atoms with Crippen LogP contribution in [0.2, 0.25) is 0 Å². The molecule has 0 N–H and O–H groups in total. The molecule has 0 aliphatic heterocycles. The zero-order valence-electron chi connectivity index (χ0n) is 11.4. The summed E-state index contributed by atoms with van der Waals surface area (Å²) in [4.78, 5) is 20.7. The molecule has 0 spiro atoms. The standard InChI is InChI=1S/C15H13NO6/c17-15(18)10-22-13-7-6-12(16(19)20)8-14(13)21-9-11-4-2-1-3-5-11/h1-8H,9-10H2,(H,17,18)/p-1. The highest BCUT2D eigenvalue weighted by atomic mass is 16.6. The first-order valence-electron chi connectivity index (χ1n) is 6.34. The molecular formula is C15H12NO6-. The third kappa shape index (κ3) is 4.20. The largest absolute Gasteiger partial charge is 0.546 e. The number of aliphatic carboxylic acids is 1. The molecule has 0 aliphatic rings. The van der Waals surface area contributed by atoms with Crippen molar-refractivity contribution >= 4 is 11.7 Å². The Morgan fingerprint density at radius 2 is 1.77 bits per heavy atom. The van der Waals surface area contributed by atoms with E-state index in [2.05, 4.69) is 0 Å². The molecule has 114 valence electrons. The second-order valence-corrected chi connectivity index (χ2v) is 4.32. The Morgan fingerprint density at radius 3 is 2.41 bits per heavy atom. The topological polar surface area (TPSA) is 102 Å². The van der Waals surface area contributed by atoms with Gasteiger partial charge in [0.25, 0.3) is 5.69 Å². The number of hydrogen-bond donors (Lipinski definition) is 0. The number of carbonyl (C=O) groups is 1. The highest BCUT2D eigenvalue weighted by Gasteiger charge is 2.13. The lowest BCUT2D eigenvalue weighted by molar-refractivity contribution is -0.385. The van der Waals surface area contributed by atoms with Crippen LogP contribution in [0.5, 0.6) is 11.5 Å². The average molecular weight is 302 g/mol. The first-order chi connectivity index (χ1) is 10.6. The van der Waals surface area contributed by atoms with Gasteiger partial charge >= 0.3 is 0 Å². The van der Waals surface area contributed by atoms with Gasteiger partial charge < -0.3 is 19.4 Å². The summed E-state index contributed by atoms with van der Waals surface area (Å²) in [6.07, 6.45) is 0. The van der Waals surface area contributed by atoms with Crippen LogP contribution in [-0.2, 0) is 11.4 Å². The molecule has 0 aromatic heterocycles. The lowest BCUT2D eigenvalue weighted by Gasteiger charge is -2.13. The highest BCUT2D eigenvalue weighted by Crippen LogP contribution is 2.32. The third-order valence-corrected chi connectivity index (χ3v) is 2.72. The van der Waals surface area contributed by atoms with Gasteiger partial charge in [-0.2, -0.15) is 0 Å². The van der Waals surface area contributed by atoms with Crippen LogP contribution in [0.25, 0.3) is 0 Å². The molecule has 0 radical (unpaired) electrons. The monoisotopic (exact) mass is 302 g/mol. The van der Waals surface area contributed by atoms with Crippen LogP contribution in [0, 0.1) is 10.1 Å². The molecule has 0 saturated heterocycles. The summed E-state index contributed by atoms with van der Waals surface area (Å²) >= 11 is 0. The molecule has 0 saturated carbocycles. The zero-order chi connectivity index (χ0) is 15.9. The number of nitro benzene ring substituents is 1. The van der Waals surface area contributed by atoms with Gasteiger partial charge in [-0.05, 0) is 11.6 Å². The summed E-state index contributed by atoms with van der Waals surface area (Å²) in [6.45, 7) is -0.497. The van der Waals surface area contributed by atoms with Gasteiger partial charge in [0.15, 0.2) is 11.5 Å². The number of carboxylic acids is 1. The number of benzene rings is 2. The summed E-state index contributed by atoms with van der Waals surface area (Å²) in [6, 6.07) is 12.9. The van der Waals surface area contributed by atoms with E-state index in [0.29, 0.717) is 0 Å². The number of carbonyl (C=O) groups excluding carboxylic acids is 1. The maximum atomic E-state index is 10.8. The van der Waals surface area contributed by atoms with Gasteiger partial charge in [0.2, 0.25) is 0 Å². The quantitative estimate of drug-likeness (QED) is 0.564. The summed E-state index contributed by atoms with van der Waals surface area (Å²) in [5.74, 6) is -1.20. The van der Waals surface area contributed by atoms with Gasteiger partial charge in [-0.3, -0.25) is 10.1 Å². The Balaban J connectivity index is 2.18. The summed E-state index contributed by atoms with van der Waals surface area (Å²) < 4.78 is 10.5. The molecule has 0 aliphatic carbocycles. The maximum absolute atomic E-state index is 10.8. The number of non-ortho nitro benzene ring substituents is 1. The Labute approximate surface area is 125 Å². The molecule has 0 amide bonds. The molecule has 0 heterocycles. The highest BCUT2D eigenvalue weighted by molar-refractivity contribution is 5.66. The van der Waals surface area contributed by atoms with Gasteiger partial charge in [-0.1, -0.05) is 30.3 Å². The summed E-state index contributed by atoms with van der Waals surface area (Å²) in [5.41, 5.74) is 0.684. The first-order valence-corrected chi connectivity index (χ1v) is 6.34. The van der Waals surface area contributed by atoms with Crippen molar-refractivity contribution in [3.05, 3.63) is 64.2 Å². The average Bonchev–Trinajstić information content (AvgIpc) is 2.52. The van der Waals surface area contributed by atoms with E-state index >= 15 is 0 Å². The first kappa shape index (κ1) is 15.3. The van der Waals surface area contributed by atoms with E-state index in [1.54, 1.807) is 0 Å². The van der Waals surface area contributed by atoms with Gasteiger partial charge in [0.05, 0.1) is 17.0 Å². The van der Waals surface area contributed by atoms with Crippen molar-refractivity contribution in [3.8, 4) is 11.5 Å². The Hall–Kier alpha value is -3.09. The van der Waals surface area contributed by atoms with Crippen LogP contribution in [-0.4, -0.2) is 17.5 Å². The van der Waals surface area contributed by atoms with Crippen molar-refractivity contribution in [3.63, 3.8) is 0 Å². The van der Waals surface area contributed by atoms with E-state index in [0.717, 1.165) is 5.56 Å². The molecule has 0 atom stereocenters. The van der Waals surface area contributed by atoms with E-state index in [-0.39, 0.29) is 23.8 Å². The minimum atomic E-state index is -1.40. The lowest BCUT2D eigenvalue weighted by Crippen LogP contribution is -2.29. The molecule has 22 heavy (non-hydrogen) atoms. The lowest BCUT2D eigenvalue weighted by atomic mass is 10.2. The summed E-state index contributed by atoms with van der Waals surface area (Å²) in [5, 5.41) is 21.3. The molecule has 0 bridgehead atoms. The van der Waals surface area contributed by atoms with Gasteiger partial charge in [0.1, 0.15) is 13.2 Å². The molecular weight excluding hydrogens is 290 g/mol. The molecule has 0 fully saturated rings. The fourth-order valence-electron chi connectivity index (χ4n) is 1.71. The summed E-state index contributed by atoms with van der Waals surface area (Å²) in [7, 11) is 0. The molecule has 2 rings (SSSR count).